The van der Waals surface area contributed by atoms with E-state index in [0.717, 1.165) is 16.0 Å². The first-order valence-electron chi connectivity index (χ1n) is 6.78. The molecule has 2 rings (SSSR count). The number of hydrogen-bond acceptors (Lipinski definition) is 4. The van der Waals surface area contributed by atoms with Crippen LogP contribution in [-0.4, -0.2) is 16.2 Å². The SMILES string of the molecule is Cc1ccc(O)c(C(C)NC(CC(=O)O)c2cccs2)c1. The Bertz CT molecular complexity index is 610. The molecule has 112 valence electrons. The van der Waals surface area contributed by atoms with Crippen LogP contribution in [0.25, 0.3) is 0 Å². The number of phenols is 1. The molecule has 1 aromatic carbocycles. The zero-order valence-corrected chi connectivity index (χ0v) is 12.9. The van der Waals surface area contributed by atoms with Gasteiger partial charge in [-0.05, 0) is 31.4 Å². The summed E-state index contributed by atoms with van der Waals surface area (Å²) < 4.78 is 0. The molecule has 2 atom stereocenters. The second-order valence-corrected chi connectivity index (χ2v) is 6.10. The van der Waals surface area contributed by atoms with E-state index in [1.165, 1.54) is 11.3 Å². The van der Waals surface area contributed by atoms with Crippen molar-refractivity contribution in [3.63, 3.8) is 0 Å². The molecule has 2 unspecified atom stereocenters. The summed E-state index contributed by atoms with van der Waals surface area (Å²) in [4.78, 5) is 12.0. The summed E-state index contributed by atoms with van der Waals surface area (Å²) in [6, 6.07) is 8.85. The van der Waals surface area contributed by atoms with Crippen LogP contribution < -0.4 is 5.32 Å². The van der Waals surface area contributed by atoms with Gasteiger partial charge < -0.3 is 15.5 Å². The second kappa shape index (κ2) is 6.74. The van der Waals surface area contributed by atoms with Crippen LogP contribution in [0.2, 0.25) is 0 Å². The molecule has 0 bridgehead atoms. The van der Waals surface area contributed by atoms with Crippen molar-refractivity contribution in [3.8, 4) is 5.75 Å². The first kappa shape index (κ1) is 15.5. The second-order valence-electron chi connectivity index (χ2n) is 5.12. The average molecular weight is 305 g/mol. The Hall–Kier alpha value is -1.85. The minimum Gasteiger partial charge on any atom is -0.508 e. The molecule has 0 fully saturated rings. The van der Waals surface area contributed by atoms with Crippen LogP contribution in [0.5, 0.6) is 5.75 Å². The van der Waals surface area contributed by atoms with E-state index < -0.39 is 5.97 Å². The maximum atomic E-state index is 11.1. The summed E-state index contributed by atoms with van der Waals surface area (Å²) in [6.07, 6.45) is 0.0113. The van der Waals surface area contributed by atoms with E-state index in [1.807, 2.05) is 43.5 Å². The highest BCUT2D eigenvalue weighted by Gasteiger charge is 2.20. The smallest absolute Gasteiger partial charge is 0.305 e. The Morgan fingerprint density at radius 1 is 1.38 bits per heavy atom. The van der Waals surface area contributed by atoms with Crippen LogP contribution in [0.1, 0.15) is 41.4 Å². The molecular weight excluding hydrogens is 286 g/mol. The minimum absolute atomic E-state index is 0.0113. The van der Waals surface area contributed by atoms with Gasteiger partial charge in [0, 0.05) is 16.5 Å². The Labute approximate surface area is 128 Å². The predicted molar refractivity (Wildman–Crippen MR) is 83.7 cm³/mol. The molecular formula is C16H19NO3S. The van der Waals surface area contributed by atoms with Gasteiger partial charge >= 0.3 is 5.97 Å². The average Bonchev–Trinajstić information content (AvgIpc) is 2.94. The molecule has 0 amide bonds. The fraction of sp³-hybridized carbons (Fsp3) is 0.312. The summed E-state index contributed by atoms with van der Waals surface area (Å²) in [6.45, 7) is 3.89. The number of carboxylic acids is 1. The van der Waals surface area contributed by atoms with Crippen LogP contribution in [0.4, 0.5) is 0 Å². The third-order valence-corrected chi connectivity index (χ3v) is 4.35. The Morgan fingerprint density at radius 3 is 2.76 bits per heavy atom. The lowest BCUT2D eigenvalue weighted by atomic mass is 10.0. The summed E-state index contributed by atoms with van der Waals surface area (Å²) in [7, 11) is 0. The van der Waals surface area contributed by atoms with Crippen LogP contribution in [0.15, 0.2) is 35.7 Å². The maximum Gasteiger partial charge on any atom is 0.305 e. The number of aromatic hydroxyl groups is 1. The standard InChI is InChI=1S/C16H19NO3S/c1-10-5-6-14(18)12(8-10)11(2)17-13(9-16(19)20)15-4-3-7-21-15/h3-8,11,13,17-18H,9H2,1-2H3,(H,19,20). The van der Waals surface area contributed by atoms with Crippen molar-refractivity contribution in [2.45, 2.75) is 32.4 Å². The third kappa shape index (κ3) is 4.06. The molecule has 0 saturated carbocycles. The highest BCUT2D eigenvalue weighted by atomic mass is 32.1. The van der Waals surface area contributed by atoms with Gasteiger partial charge in [-0.1, -0.05) is 23.8 Å². The van der Waals surface area contributed by atoms with E-state index in [-0.39, 0.29) is 24.3 Å². The number of rotatable bonds is 6. The van der Waals surface area contributed by atoms with Gasteiger partial charge in [-0.2, -0.15) is 0 Å². The van der Waals surface area contributed by atoms with Crippen molar-refractivity contribution in [2.75, 3.05) is 0 Å². The summed E-state index contributed by atoms with van der Waals surface area (Å²) >= 11 is 1.53. The topological polar surface area (TPSA) is 69.6 Å². The number of aryl methyl sites for hydroxylation is 1. The lowest BCUT2D eigenvalue weighted by molar-refractivity contribution is -0.137. The number of benzene rings is 1. The number of carbonyl (C=O) groups is 1. The van der Waals surface area contributed by atoms with E-state index in [1.54, 1.807) is 6.07 Å². The van der Waals surface area contributed by atoms with Gasteiger partial charge in [-0.25, -0.2) is 0 Å². The fourth-order valence-electron chi connectivity index (χ4n) is 2.32. The normalized spacial score (nSPS) is 13.8. The van der Waals surface area contributed by atoms with Crippen molar-refractivity contribution >= 4 is 17.3 Å². The molecule has 1 heterocycles. The molecule has 0 aliphatic heterocycles. The number of hydrogen-bond donors (Lipinski definition) is 3. The van der Waals surface area contributed by atoms with Crippen molar-refractivity contribution in [2.24, 2.45) is 0 Å². The van der Waals surface area contributed by atoms with Gasteiger partial charge in [0.25, 0.3) is 0 Å². The molecule has 5 heteroatoms. The van der Waals surface area contributed by atoms with Gasteiger partial charge in [0.15, 0.2) is 0 Å². The predicted octanol–water partition coefficient (Wildman–Crippen LogP) is 3.63. The van der Waals surface area contributed by atoms with Gasteiger partial charge in [0.05, 0.1) is 12.5 Å². The first-order chi connectivity index (χ1) is 9.97. The first-order valence-corrected chi connectivity index (χ1v) is 7.66. The van der Waals surface area contributed by atoms with Crippen molar-refractivity contribution < 1.29 is 15.0 Å². The largest absolute Gasteiger partial charge is 0.508 e. The summed E-state index contributed by atoms with van der Waals surface area (Å²) in [5.74, 6) is -0.623. The number of thiophene rings is 1. The van der Waals surface area contributed by atoms with Gasteiger partial charge in [-0.3, -0.25) is 4.79 Å². The number of phenolic OH excluding ortho intramolecular Hbond substituents is 1. The third-order valence-electron chi connectivity index (χ3n) is 3.37. The molecule has 0 saturated heterocycles. The van der Waals surface area contributed by atoms with Crippen LogP contribution in [0.3, 0.4) is 0 Å². The van der Waals surface area contributed by atoms with Crippen LogP contribution in [0, 0.1) is 6.92 Å². The zero-order chi connectivity index (χ0) is 15.4. The number of aliphatic carboxylic acids is 1. The minimum atomic E-state index is -0.846. The Morgan fingerprint density at radius 2 is 2.14 bits per heavy atom. The number of carboxylic acid groups (broad SMARTS) is 1. The van der Waals surface area contributed by atoms with E-state index in [9.17, 15) is 9.90 Å². The van der Waals surface area contributed by atoms with Gasteiger partial charge in [0.1, 0.15) is 5.75 Å². The van der Waals surface area contributed by atoms with Gasteiger partial charge in [-0.15, -0.1) is 11.3 Å². The van der Waals surface area contributed by atoms with E-state index >= 15 is 0 Å². The monoisotopic (exact) mass is 305 g/mol. The zero-order valence-electron chi connectivity index (χ0n) is 12.0. The highest BCUT2D eigenvalue weighted by molar-refractivity contribution is 7.10. The lowest BCUT2D eigenvalue weighted by Crippen LogP contribution is -2.26. The maximum absolute atomic E-state index is 11.1. The fourth-order valence-corrected chi connectivity index (χ4v) is 3.11. The molecule has 21 heavy (non-hydrogen) atoms. The summed E-state index contributed by atoms with van der Waals surface area (Å²) in [5, 5.41) is 24.3. The molecule has 3 N–H and O–H groups in total. The van der Waals surface area contributed by atoms with Crippen molar-refractivity contribution in [1.29, 1.82) is 0 Å². The highest BCUT2D eigenvalue weighted by Crippen LogP contribution is 2.29. The molecule has 0 aliphatic rings. The molecule has 1 aromatic heterocycles. The molecule has 0 aliphatic carbocycles. The Kier molecular flexibility index (Phi) is 4.98. The van der Waals surface area contributed by atoms with Crippen LogP contribution >= 0.6 is 11.3 Å². The molecule has 2 aromatic rings. The van der Waals surface area contributed by atoms with Crippen molar-refractivity contribution in [3.05, 3.63) is 51.7 Å². The van der Waals surface area contributed by atoms with Gasteiger partial charge in [0.2, 0.25) is 0 Å². The van der Waals surface area contributed by atoms with Crippen molar-refractivity contribution in [1.82, 2.24) is 5.32 Å². The molecule has 4 nitrogen and oxygen atoms in total. The lowest BCUT2D eigenvalue weighted by Gasteiger charge is -2.22. The quantitative estimate of drug-likeness (QED) is 0.762. The molecule has 0 radical (unpaired) electrons. The molecule has 0 spiro atoms. The van der Waals surface area contributed by atoms with Crippen LogP contribution in [-0.2, 0) is 4.79 Å². The Balaban J connectivity index is 2.19. The van der Waals surface area contributed by atoms with E-state index in [2.05, 4.69) is 5.32 Å². The summed E-state index contributed by atoms with van der Waals surface area (Å²) in [5.41, 5.74) is 1.84. The number of nitrogens with one attached hydrogen (secondary N) is 1. The van der Waals surface area contributed by atoms with E-state index in [4.69, 9.17) is 5.11 Å². The van der Waals surface area contributed by atoms with E-state index in [0.29, 0.717) is 0 Å².